The Hall–Kier alpha value is -3.60. The predicted molar refractivity (Wildman–Crippen MR) is 93.5 cm³/mol. The third kappa shape index (κ3) is 4.33. The maximum atomic E-state index is 13.1. The van der Waals surface area contributed by atoms with Crippen LogP contribution in [0.5, 0.6) is 0 Å². The predicted octanol–water partition coefficient (Wildman–Crippen LogP) is 3.93. The van der Waals surface area contributed by atoms with Crippen LogP contribution >= 0.6 is 0 Å². The van der Waals surface area contributed by atoms with Gasteiger partial charge in [-0.15, -0.1) is 0 Å². The van der Waals surface area contributed by atoms with Gasteiger partial charge in [-0.05, 0) is 29.8 Å². The second kappa shape index (κ2) is 7.33. The third-order valence-corrected chi connectivity index (χ3v) is 3.75. The number of rotatable bonds is 4. The van der Waals surface area contributed by atoms with Gasteiger partial charge in [-0.3, -0.25) is 9.36 Å². The van der Waals surface area contributed by atoms with E-state index < -0.39 is 17.4 Å². The number of nitriles is 1. The maximum absolute atomic E-state index is 13.1. The molecule has 8 heteroatoms. The molecule has 0 atom stereocenters. The SMILES string of the molecule is N#Cc1ccc(Nc2nc(C(F)(F)F)cc(=O)n2Cc2ccccc2)cc1. The van der Waals surface area contributed by atoms with Crippen LogP contribution in [0.25, 0.3) is 0 Å². The van der Waals surface area contributed by atoms with E-state index in [-0.39, 0.29) is 12.5 Å². The number of anilines is 2. The summed E-state index contributed by atoms with van der Waals surface area (Å²) in [5, 5.41) is 11.6. The van der Waals surface area contributed by atoms with E-state index >= 15 is 0 Å². The zero-order valence-electron chi connectivity index (χ0n) is 13.9. The highest BCUT2D eigenvalue weighted by molar-refractivity contribution is 5.55. The van der Waals surface area contributed by atoms with E-state index in [0.29, 0.717) is 17.3 Å². The number of benzene rings is 2. The van der Waals surface area contributed by atoms with E-state index in [1.165, 1.54) is 24.3 Å². The second-order valence-corrected chi connectivity index (χ2v) is 5.69. The van der Waals surface area contributed by atoms with E-state index in [1.807, 2.05) is 6.07 Å². The summed E-state index contributed by atoms with van der Waals surface area (Å²) in [6.07, 6.45) is -4.74. The van der Waals surface area contributed by atoms with Crippen LogP contribution in [0.1, 0.15) is 16.8 Å². The summed E-state index contributed by atoms with van der Waals surface area (Å²) in [7, 11) is 0. The summed E-state index contributed by atoms with van der Waals surface area (Å²) in [5.41, 5.74) is -0.546. The lowest BCUT2D eigenvalue weighted by Crippen LogP contribution is -2.27. The minimum atomic E-state index is -4.74. The van der Waals surface area contributed by atoms with Gasteiger partial charge in [0.25, 0.3) is 5.56 Å². The Morgan fingerprint density at radius 1 is 1.07 bits per heavy atom. The van der Waals surface area contributed by atoms with Gasteiger partial charge in [-0.2, -0.15) is 18.4 Å². The molecule has 0 aliphatic rings. The van der Waals surface area contributed by atoms with Crippen LogP contribution in [0.15, 0.2) is 65.5 Å². The summed E-state index contributed by atoms with van der Waals surface area (Å²) in [6.45, 7) is 0.0590. The van der Waals surface area contributed by atoms with Gasteiger partial charge in [0.1, 0.15) is 0 Å². The molecule has 27 heavy (non-hydrogen) atoms. The van der Waals surface area contributed by atoms with Gasteiger partial charge < -0.3 is 5.32 Å². The molecule has 0 unspecified atom stereocenters. The Kier molecular flexibility index (Phi) is 4.94. The van der Waals surface area contributed by atoms with Crippen molar-refractivity contribution in [2.24, 2.45) is 0 Å². The molecule has 0 aliphatic carbocycles. The fraction of sp³-hybridized carbons (Fsp3) is 0.105. The summed E-state index contributed by atoms with van der Waals surface area (Å²) in [4.78, 5) is 15.9. The van der Waals surface area contributed by atoms with Crippen LogP contribution in [0.2, 0.25) is 0 Å². The smallest absolute Gasteiger partial charge is 0.326 e. The first-order valence-corrected chi connectivity index (χ1v) is 7.87. The first-order valence-electron chi connectivity index (χ1n) is 7.87. The Labute approximate surface area is 152 Å². The average molecular weight is 370 g/mol. The number of nitrogens with zero attached hydrogens (tertiary/aromatic N) is 3. The van der Waals surface area contributed by atoms with Gasteiger partial charge in [0.15, 0.2) is 5.69 Å². The van der Waals surface area contributed by atoms with E-state index in [9.17, 15) is 18.0 Å². The van der Waals surface area contributed by atoms with Crippen molar-refractivity contribution < 1.29 is 13.2 Å². The number of hydrogen-bond donors (Lipinski definition) is 1. The van der Waals surface area contributed by atoms with Crippen LogP contribution < -0.4 is 10.9 Å². The normalized spacial score (nSPS) is 11.0. The molecule has 5 nitrogen and oxygen atoms in total. The molecule has 0 spiro atoms. The number of nitrogens with one attached hydrogen (secondary N) is 1. The van der Waals surface area contributed by atoms with Gasteiger partial charge in [-0.25, -0.2) is 4.98 Å². The van der Waals surface area contributed by atoms with Crippen molar-refractivity contribution in [1.82, 2.24) is 9.55 Å². The molecule has 0 saturated heterocycles. The maximum Gasteiger partial charge on any atom is 0.433 e. The van der Waals surface area contributed by atoms with E-state index in [2.05, 4.69) is 10.3 Å². The zero-order chi connectivity index (χ0) is 19.4. The van der Waals surface area contributed by atoms with Crippen LogP contribution in [-0.2, 0) is 12.7 Å². The van der Waals surface area contributed by atoms with Gasteiger partial charge in [-0.1, -0.05) is 30.3 Å². The summed E-state index contributed by atoms with van der Waals surface area (Å²) in [6, 6.07) is 17.4. The molecular formula is C19H13F3N4O. The van der Waals surface area contributed by atoms with Crippen LogP contribution in [0.3, 0.4) is 0 Å². The first-order chi connectivity index (χ1) is 12.9. The standard InChI is InChI=1S/C19H13F3N4O/c20-19(21,22)16-10-17(27)26(12-14-4-2-1-3-5-14)18(25-16)24-15-8-6-13(11-23)7-9-15/h1-10H,12H2,(H,24,25). The molecule has 0 saturated carbocycles. The molecule has 0 amide bonds. The Morgan fingerprint density at radius 3 is 2.33 bits per heavy atom. The third-order valence-electron chi connectivity index (χ3n) is 3.75. The summed E-state index contributed by atoms with van der Waals surface area (Å²) >= 11 is 0. The molecule has 2 aromatic carbocycles. The van der Waals surface area contributed by atoms with Crippen molar-refractivity contribution in [3.8, 4) is 6.07 Å². The summed E-state index contributed by atoms with van der Waals surface area (Å²) in [5.74, 6) is -0.233. The number of aromatic nitrogens is 2. The Balaban J connectivity index is 2.05. The number of alkyl halides is 3. The lowest BCUT2D eigenvalue weighted by molar-refractivity contribution is -0.141. The molecule has 0 aliphatic heterocycles. The fourth-order valence-corrected chi connectivity index (χ4v) is 2.42. The monoisotopic (exact) mass is 370 g/mol. The molecule has 0 fully saturated rings. The van der Waals surface area contributed by atoms with Gasteiger partial charge >= 0.3 is 6.18 Å². The minimum Gasteiger partial charge on any atom is -0.326 e. The largest absolute Gasteiger partial charge is 0.433 e. The van der Waals surface area contributed by atoms with Gasteiger partial charge in [0.05, 0.1) is 18.2 Å². The highest BCUT2D eigenvalue weighted by atomic mass is 19.4. The van der Waals surface area contributed by atoms with Crippen LogP contribution in [-0.4, -0.2) is 9.55 Å². The zero-order valence-corrected chi connectivity index (χ0v) is 13.9. The van der Waals surface area contributed by atoms with Gasteiger partial charge in [0, 0.05) is 11.8 Å². The fourth-order valence-electron chi connectivity index (χ4n) is 2.42. The average Bonchev–Trinajstić information content (AvgIpc) is 2.65. The van der Waals surface area contributed by atoms with E-state index in [4.69, 9.17) is 5.26 Å². The summed E-state index contributed by atoms with van der Waals surface area (Å²) < 4.78 is 40.3. The van der Waals surface area contributed by atoms with Crippen molar-refractivity contribution in [3.05, 3.63) is 87.8 Å². The molecule has 0 bridgehead atoms. The molecular weight excluding hydrogens is 357 g/mol. The highest BCUT2D eigenvalue weighted by Crippen LogP contribution is 2.28. The quantitative estimate of drug-likeness (QED) is 0.756. The van der Waals surface area contributed by atoms with Crippen molar-refractivity contribution in [1.29, 1.82) is 5.26 Å². The van der Waals surface area contributed by atoms with E-state index in [0.717, 1.165) is 10.1 Å². The van der Waals surface area contributed by atoms with E-state index in [1.54, 1.807) is 30.3 Å². The lowest BCUT2D eigenvalue weighted by Gasteiger charge is -2.16. The Morgan fingerprint density at radius 2 is 1.74 bits per heavy atom. The van der Waals surface area contributed by atoms with Crippen molar-refractivity contribution in [2.45, 2.75) is 12.7 Å². The molecule has 1 N–H and O–H groups in total. The first kappa shape index (κ1) is 18.2. The molecule has 3 rings (SSSR count). The van der Waals surface area contributed by atoms with Crippen LogP contribution in [0, 0.1) is 11.3 Å². The molecule has 136 valence electrons. The van der Waals surface area contributed by atoms with Crippen molar-refractivity contribution in [2.75, 3.05) is 5.32 Å². The molecule has 0 radical (unpaired) electrons. The molecule has 1 aromatic heterocycles. The van der Waals surface area contributed by atoms with Crippen LogP contribution in [0.4, 0.5) is 24.8 Å². The minimum absolute atomic E-state index is 0.0590. The Bertz CT molecular complexity index is 1040. The number of halogens is 3. The van der Waals surface area contributed by atoms with Crippen molar-refractivity contribution in [3.63, 3.8) is 0 Å². The topological polar surface area (TPSA) is 70.7 Å². The second-order valence-electron chi connectivity index (χ2n) is 5.69. The number of hydrogen-bond acceptors (Lipinski definition) is 4. The lowest BCUT2D eigenvalue weighted by atomic mass is 10.2. The van der Waals surface area contributed by atoms with Gasteiger partial charge in [0.2, 0.25) is 5.95 Å². The highest BCUT2D eigenvalue weighted by Gasteiger charge is 2.34. The van der Waals surface area contributed by atoms with Crippen molar-refractivity contribution >= 4 is 11.6 Å². The molecule has 3 aromatic rings. The molecule has 1 heterocycles.